The molecule has 0 atom stereocenters. The quantitative estimate of drug-likeness (QED) is 0.849. The van der Waals surface area contributed by atoms with Crippen molar-refractivity contribution in [2.75, 3.05) is 5.32 Å². The van der Waals surface area contributed by atoms with Gasteiger partial charge < -0.3 is 15.1 Å². The van der Waals surface area contributed by atoms with Gasteiger partial charge in [-0.05, 0) is 32.0 Å². The topological polar surface area (TPSA) is 76.3 Å². The highest BCUT2D eigenvalue weighted by molar-refractivity contribution is 5.91. The Balaban J connectivity index is 2.27. The van der Waals surface area contributed by atoms with Crippen molar-refractivity contribution in [2.45, 2.75) is 19.9 Å². The average Bonchev–Trinajstić information content (AvgIpc) is 2.54. The molecule has 6 nitrogen and oxygen atoms in total. The number of carbonyl (C=O) groups excluding carboxylic acids is 1. The van der Waals surface area contributed by atoms with Crippen LogP contribution in [0.3, 0.4) is 0 Å². The summed E-state index contributed by atoms with van der Waals surface area (Å²) in [4.78, 5) is 22.8. The van der Waals surface area contributed by atoms with E-state index >= 15 is 0 Å². The summed E-state index contributed by atoms with van der Waals surface area (Å²) in [5.74, 6) is -0.422. The number of amides is 2. The third-order valence-electron chi connectivity index (χ3n) is 2.47. The summed E-state index contributed by atoms with van der Waals surface area (Å²) >= 11 is 0. The summed E-state index contributed by atoms with van der Waals surface area (Å²) in [6.45, 7) is 3.76. The van der Waals surface area contributed by atoms with Crippen molar-refractivity contribution in [3.63, 3.8) is 0 Å². The highest BCUT2D eigenvalue weighted by Gasteiger charge is 2.08. The maximum absolute atomic E-state index is 11.5. The zero-order chi connectivity index (χ0) is 13.3. The molecule has 0 bridgehead atoms. The fraction of sp³-hybridized carbons (Fsp3) is 0.333. The van der Waals surface area contributed by atoms with Crippen molar-refractivity contribution >= 4 is 22.8 Å². The van der Waals surface area contributed by atoms with Gasteiger partial charge in [0.25, 0.3) is 0 Å². The molecule has 6 heteroatoms. The number of aryl methyl sites for hydroxylation is 1. The number of hydrogen-bond donors (Lipinski definition) is 2. The van der Waals surface area contributed by atoms with E-state index in [4.69, 9.17) is 4.42 Å². The second kappa shape index (κ2) is 4.56. The van der Waals surface area contributed by atoms with E-state index in [-0.39, 0.29) is 12.1 Å². The number of hydrogen-bond acceptors (Lipinski definition) is 3. The monoisotopic (exact) mass is 249 g/mol. The highest BCUT2D eigenvalue weighted by atomic mass is 16.4. The van der Waals surface area contributed by atoms with Crippen molar-refractivity contribution in [1.82, 2.24) is 9.88 Å². The highest BCUT2D eigenvalue weighted by Crippen LogP contribution is 2.17. The SMILES string of the molecule is CC(C)NC(=O)Nc1ccc2oc(=O)n(C)c2c1. The van der Waals surface area contributed by atoms with Crippen LogP contribution in [0.4, 0.5) is 10.5 Å². The Kier molecular flexibility index (Phi) is 3.10. The first-order chi connectivity index (χ1) is 8.47. The number of rotatable bonds is 2. The van der Waals surface area contributed by atoms with Gasteiger partial charge in [-0.3, -0.25) is 4.57 Å². The van der Waals surface area contributed by atoms with E-state index in [1.54, 1.807) is 25.2 Å². The number of nitrogens with zero attached hydrogens (tertiary/aromatic N) is 1. The molecule has 0 aliphatic heterocycles. The Morgan fingerprint density at radius 1 is 1.39 bits per heavy atom. The van der Waals surface area contributed by atoms with Gasteiger partial charge in [0, 0.05) is 18.8 Å². The Morgan fingerprint density at radius 3 is 2.78 bits per heavy atom. The van der Waals surface area contributed by atoms with Crippen LogP contribution in [-0.2, 0) is 7.05 Å². The molecule has 0 saturated carbocycles. The van der Waals surface area contributed by atoms with Gasteiger partial charge in [-0.25, -0.2) is 9.59 Å². The predicted octanol–water partition coefficient (Wildman–Crippen LogP) is 1.66. The Hall–Kier alpha value is -2.24. The summed E-state index contributed by atoms with van der Waals surface area (Å²) in [6, 6.07) is 4.82. The molecule has 96 valence electrons. The van der Waals surface area contributed by atoms with Crippen LogP contribution in [0, 0.1) is 0 Å². The molecular weight excluding hydrogens is 234 g/mol. The van der Waals surface area contributed by atoms with E-state index in [2.05, 4.69) is 10.6 Å². The molecule has 2 amide bonds. The van der Waals surface area contributed by atoms with E-state index in [1.807, 2.05) is 13.8 Å². The minimum Gasteiger partial charge on any atom is -0.408 e. The van der Waals surface area contributed by atoms with Crippen LogP contribution in [-0.4, -0.2) is 16.6 Å². The van der Waals surface area contributed by atoms with Crippen LogP contribution in [0.15, 0.2) is 27.4 Å². The van der Waals surface area contributed by atoms with Crippen LogP contribution in [0.25, 0.3) is 11.1 Å². The molecule has 2 aromatic rings. The van der Waals surface area contributed by atoms with Crippen LogP contribution >= 0.6 is 0 Å². The maximum Gasteiger partial charge on any atom is 0.419 e. The molecule has 0 aliphatic carbocycles. The second-order valence-corrected chi connectivity index (χ2v) is 4.36. The molecular formula is C12H15N3O3. The van der Waals surface area contributed by atoms with Gasteiger partial charge >= 0.3 is 11.8 Å². The van der Waals surface area contributed by atoms with E-state index in [0.29, 0.717) is 16.8 Å². The lowest BCUT2D eigenvalue weighted by molar-refractivity contribution is 0.250. The van der Waals surface area contributed by atoms with Crippen molar-refractivity contribution in [2.24, 2.45) is 7.05 Å². The number of benzene rings is 1. The van der Waals surface area contributed by atoms with Gasteiger partial charge in [0.05, 0.1) is 5.52 Å². The van der Waals surface area contributed by atoms with E-state index in [0.717, 1.165) is 0 Å². The molecule has 1 aromatic heterocycles. The minimum absolute atomic E-state index is 0.0620. The first-order valence-electron chi connectivity index (χ1n) is 5.64. The second-order valence-electron chi connectivity index (χ2n) is 4.36. The third kappa shape index (κ3) is 2.37. The van der Waals surface area contributed by atoms with E-state index < -0.39 is 5.76 Å². The summed E-state index contributed by atoms with van der Waals surface area (Å²) in [7, 11) is 1.62. The first kappa shape index (κ1) is 12.2. The van der Waals surface area contributed by atoms with E-state index in [9.17, 15) is 9.59 Å². The van der Waals surface area contributed by atoms with E-state index in [1.165, 1.54) is 4.57 Å². The normalized spacial score (nSPS) is 10.9. The van der Waals surface area contributed by atoms with Gasteiger partial charge in [0.2, 0.25) is 0 Å². The van der Waals surface area contributed by atoms with Crippen LogP contribution < -0.4 is 16.4 Å². The maximum atomic E-state index is 11.5. The van der Waals surface area contributed by atoms with Crippen LogP contribution in [0.2, 0.25) is 0 Å². The zero-order valence-electron chi connectivity index (χ0n) is 10.5. The van der Waals surface area contributed by atoms with Crippen molar-refractivity contribution in [3.8, 4) is 0 Å². The zero-order valence-corrected chi connectivity index (χ0v) is 10.5. The van der Waals surface area contributed by atoms with Crippen LogP contribution in [0.5, 0.6) is 0 Å². The number of fused-ring (bicyclic) bond motifs is 1. The number of oxazole rings is 1. The lowest BCUT2D eigenvalue weighted by Gasteiger charge is -2.09. The molecule has 0 unspecified atom stereocenters. The molecule has 2 rings (SSSR count). The van der Waals surface area contributed by atoms with Gasteiger partial charge in [-0.15, -0.1) is 0 Å². The summed E-state index contributed by atoms with van der Waals surface area (Å²) in [5, 5.41) is 5.41. The number of urea groups is 1. The first-order valence-corrected chi connectivity index (χ1v) is 5.64. The van der Waals surface area contributed by atoms with Crippen LogP contribution in [0.1, 0.15) is 13.8 Å². The lowest BCUT2D eigenvalue weighted by atomic mass is 10.3. The number of nitrogens with one attached hydrogen (secondary N) is 2. The number of carbonyl (C=O) groups is 1. The summed E-state index contributed by atoms with van der Waals surface area (Å²) in [5.41, 5.74) is 1.75. The van der Waals surface area contributed by atoms with Gasteiger partial charge in [-0.1, -0.05) is 0 Å². The van der Waals surface area contributed by atoms with Crippen molar-refractivity contribution < 1.29 is 9.21 Å². The van der Waals surface area contributed by atoms with Gasteiger partial charge in [-0.2, -0.15) is 0 Å². The molecule has 2 N–H and O–H groups in total. The molecule has 18 heavy (non-hydrogen) atoms. The predicted molar refractivity (Wildman–Crippen MR) is 68.7 cm³/mol. The standard InChI is InChI=1S/C12H15N3O3/c1-7(2)13-11(16)14-8-4-5-10-9(6-8)15(3)12(17)18-10/h4-7H,1-3H3,(H2,13,14,16). The fourth-order valence-electron chi connectivity index (χ4n) is 1.63. The molecule has 0 saturated heterocycles. The minimum atomic E-state index is -0.422. The summed E-state index contributed by atoms with van der Waals surface area (Å²) in [6.07, 6.45) is 0. The Morgan fingerprint density at radius 2 is 2.11 bits per heavy atom. The molecule has 1 aromatic carbocycles. The molecule has 0 radical (unpaired) electrons. The van der Waals surface area contributed by atoms with Gasteiger partial charge in [0.1, 0.15) is 0 Å². The molecule has 1 heterocycles. The number of aromatic nitrogens is 1. The smallest absolute Gasteiger partial charge is 0.408 e. The Bertz CT molecular complexity index is 640. The van der Waals surface area contributed by atoms with Crippen molar-refractivity contribution in [1.29, 1.82) is 0 Å². The Labute approximate surface area is 104 Å². The largest absolute Gasteiger partial charge is 0.419 e. The van der Waals surface area contributed by atoms with Crippen molar-refractivity contribution in [3.05, 3.63) is 28.7 Å². The molecule has 0 fully saturated rings. The summed E-state index contributed by atoms with van der Waals surface area (Å²) < 4.78 is 6.39. The third-order valence-corrected chi connectivity index (χ3v) is 2.47. The number of anilines is 1. The fourth-order valence-corrected chi connectivity index (χ4v) is 1.63. The average molecular weight is 249 g/mol. The van der Waals surface area contributed by atoms with Gasteiger partial charge in [0.15, 0.2) is 5.58 Å². The molecule has 0 aliphatic rings. The molecule has 0 spiro atoms. The lowest BCUT2D eigenvalue weighted by Crippen LogP contribution is -2.34.